The molecule has 5 heteroatoms. The van der Waals surface area contributed by atoms with Crippen LogP contribution in [-0.2, 0) is 19.6 Å². The molecule has 2 aromatic rings. The Bertz CT molecular complexity index is 703. The number of fused-ring (bicyclic) bond motifs is 1. The van der Waals surface area contributed by atoms with Crippen molar-refractivity contribution >= 4 is 21.8 Å². The highest BCUT2D eigenvalue weighted by Crippen LogP contribution is 2.19. The highest BCUT2D eigenvalue weighted by atomic mass is 79.9. The fourth-order valence-corrected chi connectivity index (χ4v) is 2.78. The predicted octanol–water partition coefficient (Wildman–Crippen LogP) is 3.12. The summed E-state index contributed by atoms with van der Waals surface area (Å²) in [4.78, 5) is 12.2. The lowest BCUT2D eigenvalue weighted by Crippen LogP contribution is -2.23. The van der Waals surface area contributed by atoms with Gasteiger partial charge in [-0.15, -0.1) is 0 Å². The van der Waals surface area contributed by atoms with Gasteiger partial charge in [-0.1, -0.05) is 22.0 Å². The molecule has 3 rings (SSSR count). The molecule has 1 aliphatic heterocycles. The summed E-state index contributed by atoms with van der Waals surface area (Å²) in [5, 5.41) is 6.06. The number of halogens is 2. The van der Waals surface area contributed by atoms with Crippen LogP contribution in [-0.4, -0.2) is 5.91 Å². The first kappa shape index (κ1) is 14.2. The van der Waals surface area contributed by atoms with Crippen molar-refractivity contribution in [1.82, 2.24) is 10.6 Å². The normalized spacial score (nSPS) is 13.0. The standard InChI is InChI=1S/C16H14BrFN2O/c17-15-4-3-14(18)6-13(15)9-20-16(21)10-1-2-11-7-19-8-12(11)5-10/h1-6,19H,7-9H2,(H,20,21). The molecule has 1 aliphatic rings. The molecule has 21 heavy (non-hydrogen) atoms. The number of hydrogen-bond donors (Lipinski definition) is 2. The van der Waals surface area contributed by atoms with E-state index in [-0.39, 0.29) is 18.3 Å². The molecule has 1 heterocycles. The largest absolute Gasteiger partial charge is 0.348 e. The number of hydrogen-bond acceptors (Lipinski definition) is 2. The smallest absolute Gasteiger partial charge is 0.251 e. The lowest BCUT2D eigenvalue weighted by Gasteiger charge is -2.08. The van der Waals surface area contributed by atoms with Crippen molar-refractivity contribution in [3.8, 4) is 0 Å². The molecular weight excluding hydrogens is 335 g/mol. The van der Waals surface area contributed by atoms with Gasteiger partial charge in [0.15, 0.2) is 0 Å². The average molecular weight is 349 g/mol. The lowest BCUT2D eigenvalue weighted by molar-refractivity contribution is 0.0950. The average Bonchev–Trinajstić information content (AvgIpc) is 2.95. The zero-order chi connectivity index (χ0) is 14.8. The second kappa shape index (κ2) is 5.95. The van der Waals surface area contributed by atoms with Gasteiger partial charge in [-0.05, 0) is 47.0 Å². The van der Waals surface area contributed by atoms with Crippen LogP contribution in [0.15, 0.2) is 40.9 Å². The number of rotatable bonds is 3. The molecule has 1 amide bonds. The zero-order valence-corrected chi connectivity index (χ0v) is 12.8. The summed E-state index contributed by atoms with van der Waals surface area (Å²) < 4.78 is 14.0. The summed E-state index contributed by atoms with van der Waals surface area (Å²) >= 11 is 3.35. The zero-order valence-electron chi connectivity index (χ0n) is 11.2. The monoisotopic (exact) mass is 348 g/mol. The highest BCUT2D eigenvalue weighted by Gasteiger charge is 2.13. The molecule has 108 valence electrons. The van der Waals surface area contributed by atoms with E-state index in [0.29, 0.717) is 11.1 Å². The van der Waals surface area contributed by atoms with E-state index in [0.717, 1.165) is 23.1 Å². The quantitative estimate of drug-likeness (QED) is 0.894. The van der Waals surface area contributed by atoms with Crippen LogP contribution in [0.4, 0.5) is 4.39 Å². The first-order chi connectivity index (χ1) is 10.1. The third kappa shape index (κ3) is 3.14. The predicted molar refractivity (Wildman–Crippen MR) is 82.3 cm³/mol. The maximum absolute atomic E-state index is 13.2. The Labute approximate surface area is 130 Å². The minimum Gasteiger partial charge on any atom is -0.348 e. The second-order valence-corrected chi connectivity index (χ2v) is 5.86. The molecule has 2 N–H and O–H groups in total. The van der Waals surface area contributed by atoms with E-state index in [2.05, 4.69) is 26.6 Å². The minimum absolute atomic E-state index is 0.152. The van der Waals surface area contributed by atoms with Gasteiger partial charge in [-0.25, -0.2) is 4.39 Å². The fraction of sp³-hybridized carbons (Fsp3) is 0.188. The molecule has 0 saturated heterocycles. The Morgan fingerprint density at radius 1 is 1.19 bits per heavy atom. The molecule has 0 unspecified atom stereocenters. The molecule has 0 radical (unpaired) electrons. The summed E-state index contributed by atoms with van der Waals surface area (Å²) in [7, 11) is 0. The SMILES string of the molecule is O=C(NCc1cc(F)ccc1Br)c1ccc2c(c1)CNC2. The second-order valence-electron chi connectivity index (χ2n) is 5.01. The summed E-state index contributed by atoms with van der Waals surface area (Å²) in [6.45, 7) is 1.94. The van der Waals surface area contributed by atoms with Crippen molar-refractivity contribution in [2.24, 2.45) is 0 Å². The van der Waals surface area contributed by atoms with E-state index in [1.54, 1.807) is 6.07 Å². The van der Waals surface area contributed by atoms with Gasteiger partial charge in [0, 0.05) is 29.7 Å². The van der Waals surface area contributed by atoms with Crippen molar-refractivity contribution in [3.63, 3.8) is 0 Å². The number of benzene rings is 2. The van der Waals surface area contributed by atoms with E-state index < -0.39 is 0 Å². The highest BCUT2D eigenvalue weighted by molar-refractivity contribution is 9.10. The van der Waals surface area contributed by atoms with Gasteiger partial charge >= 0.3 is 0 Å². The summed E-state index contributed by atoms with van der Waals surface area (Å²) in [5.74, 6) is -0.466. The Hall–Kier alpha value is -1.72. The van der Waals surface area contributed by atoms with Gasteiger partial charge < -0.3 is 10.6 Å². The first-order valence-corrected chi connectivity index (χ1v) is 7.47. The maximum Gasteiger partial charge on any atom is 0.251 e. The van der Waals surface area contributed by atoms with Crippen LogP contribution < -0.4 is 10.6 Å². The Morgan fingerprint density at radius 2 is 2.00 bits per heavy atom. The van der Waals surface area contributed by atoms with Crippen molar-refractivity contribution in [3.05, 3.63) is 68.9 Å². The molecule has 2 aromatic carbocycles. The maximum atomic E-state index is 13.2. The summed E-state index contributed by atoms with van der Waals surface area (Å²) in [6.07, 6.45) is 0. The molecule has 3 nitrogen and oxygen atoms in total. The molecule has 0 aromatic heterocycles. The molecule has 0 spiro atoms. The molecule has 0 aliphatic carbocycles. The molecule has 0 saturated carbocycles. The van der Waals surface area contributed by atoms with E-state index in [9.17, 15) is 9.18 Å². The van der Waals surface area contributed by atoms with Crippen LogP contribution in [0.5, 0.6) is 0 Å². The molecule has 0 atom stereocenters. The van der Waals surface area contributed by atoms with Crippen LogP contribution >= 0.6 is 15.9 Å². The number of carbonyl (C=O) groups excluding carboxylic acids is 1. The third-order valence-electron chi connectivity index (χ3n) is 3.55. The van der Waals surface area contributed by atoms with Crippen LogP contribution in [0, 0.1) is 5.82 Å². The van der Waals surface area contributed by atoms with Gasteiger partial charge in [0.05, 0.1) is 0 Å². The van der Waals surface area contributed by atoms with Crippen LogP contribution in [0.3, 0.4) is 0 Å². The van der Waals surface area contributed by atoms with Crippen LogP contribution in [0.2, 0.25) is 0 Å². The van der Waals surface area contributed by atoms with Crippen molar-refractivity contribution in [2.75, 3.05) is 0 Å². The Balaban J connectivity index is 1.70. The van der Waals surface area contributed by atoms with Crippen molar-refractivity contribution in [2.45, 2.75) is 19.6 Å². The lowest BCUT2D eigenvalue weighted by atomic mass is 10.1. The Morgan fingerprint density at radius 3 is 2.86 bits per heavy atom. The van der Waals surface area contributed by atoms with E-state index in [1.165, 1.54) is 17.7 Å². The number of nitrogens with one attached hydrogen (secondary N) is 2. The van der Waals surface area contributed by atoms with Gasteiger partial charge in [0.2, 0.25) is 0 Å². The summed E-state index contributed by atoms with van der Waals surface area (Å²) in [6, 6.07) is 10.1. The van der Waals surface area contributed by atoms with Gasteiger partial charge in [-0.3, -0.25) is 4.79 Å². The van der Waals surface area contributed by atoms with E-state index in [1.807, 2.05) is 18.2 Å². The first-order valence-electron chi connectivity index (χ1n) is 6.68. The molecule has 0 bridgehead atoms. The van der Waals surface area contributed by atoms with Crippen LogP contribution in [0.1, 0.15) is 27.0 Å². The van der Waals surface area contributed by atoms with Gasteiger partial charge in [0.25, 0.3) is 5.91 Å². The minimum atomic E-state index is -0.314. The van der Waals surface area contributed by atoms with Gasteiger partial charge in [-0.2, -0.15) is 0 Å². The summed E-state index contributed by atoms with van der Waals surface area (Å²) in [5.41, 5.74) is 3.74. The van der Waals surface area contributed by atoms with Crippen LogP contribution in [0.25, 0.3) is 0 Å². The van der Waals surface area contributed by atoms with E-state index in [4.69, 9.17) is 0 Å². The number of carbonyl (C=O) groups is 1. The van der Waals surface area contributed by atoms with Crippen molar-refractivity contribution < 1.29 is 9.18 Å². The molecular formula is C16H14BrFN2O. The topological polar surface area (TPSA) is 41.1 Å². The molecule has 0 fully saturated rings. The van der Waals surface area contributed by atoms with Crippen molar-refractivity contribution in [1.29, 1.82) is 0 Å². The van der Waals surface area contributed by atoms with Gasteiger partial charge in [0.1, 0.15) is 5.82 Å². The fourth-order valence-electron chi connectivity index (χ4n) is 2.39. The number of amides is 1. The Kier molecular flexibility index (Phi) is 4.03. The third-order valence-corrected chi connectivity index (χ3v) is 4.32. The van der Waals surface area contributed by atoms with E-state index >= 15 is 0 Å².